The maximum Gasteiger partial charge on any atom is 0.136 e. The highest BCUT2D eigenvalue weighted by atomic mass is 32.1. The Labute approximate surface area is 227 Å². The van der Waals surface area contributed by atoms with E-state index < -0.39 is 0 Å². The molecule has 0 bridgehead atoms. The van der Waals surface area contributed by atoms with Crippen molar-refractivity contribution in [3.8, 4) is 16.8 Å². The summed E-state index contributed by atoms with van der Waals surface area (Å²) in [5.41, 5.74) is 7.97. The minimum Gasteiger partial charge on any atom is -0.456 e. The quantitative estimate of drug-likeness (QED) is 0.224. The number of rotatable bonds is 2. The lowest BCUT2D eigenvalue weighted by Gasteiger charge is -2.09. The van der Waals surface area contributed by atoms with Crippen LogP contribution in [0.1, 0.15) is 0 Å². The van der Waals surface area contributed by atoms with E-state index in [4.69, 9.17) is 4.42 Å². The average Bonchev–Trinajstić information content (AvgIpc) is 3.66. The molecule has 9 aromatic rings. The fourth-order valence-electron chi connectivity index (χ4n) is 6.33. The van der Waals surface area contributed by atoms with E-state index in [-0.39, 0.29) is 0 Å². The van der Waals surface area contributed by atoms with Crippen LogP contribution in [-0.4, -0.2) is 4.57 Å². The predicted octanol–water partition coefficient (Wildman–Crippen LogP) is 10.7. The van der Waals surface area contributed by atoms with Crippen LogP contribution in [0.2, 0.25) is 0 Å². The fraction of sp³-hybridized carbons (Fsp3) is 0. The number of furan rings is 1. The fourth-order valence-corrected chi connectivity index (χ4v) is 7.56. The SMILES string of the molecule is c1ccc2c(c1)oc1cc(-c3cccc4sc5c(-n6c7ccccc7c7ccccc76)cccc5c34)ccc12. The maximum atomic E-state index is 6.24. The Balaban J connectivity index is 1.33. The van der Waals surface area contributed by atoms with Crippen LogP contribution in [0.4, 0.5) is 0 Å². The first-order chi connectivity index (χ1) is 19.3. The number of benzene rings is 6. The molecule has 0 saturated heterocycles. The summed E-state index contributed by atoms with van der Waals surface area (Å²) in [7, 11) is 0. The summed E-state index contributed by atoms with van der Waals surface area (Å²) in [6, 6.07) is 45.7. The van der Waals surface area contributed by atoms with Gasteiger partial charge < -0.3 is 8.98 Å². The van der Waals surface area contributed by atoms with Gasteiger partial charge in [0, 0.05) is 37.0 Å². The second-order valence-electron chi connectivity index (χ2n) is 10.1. The minimum atomic E-state index is 0.927. The Kier molecular flexibility index (Phi) is 4.24. The third-order valence-electron chi connectivity index (χ3n) is 8.01. The third-order valence-corrected chi connectivity index (χ3v) is 9.21. The molecule has 3 heterocycles. The van der Waals surface area contributed by atoms with Crippen molar-refractivity contribution in [1.29, 1.82) is 0 Å². The highest BCUT2D eigenvalue weighted by Crippen LogP contribution is 2.44. The molecule has 0 radical (unpaired) electrons. The monoisotopic (exact) mass is 515 g/mol. The molecule has 0 saturated carbocycles. The number of para-hydroxylation sites is 3. The molecule has 3 aromatic heterocycles. The lowest BCUT2D eigenvalue weighted by molar-refractivity contribution is 0.669. The Morgan fingerprint density at radius 3 is 2.00 bits per heavy atom. The molecule has 3 heteroatoms. The van der Waals surface area contributed by atoms with Crippen molar-refractivity contribution in [2.45, 2.75) is 0 Å². The molecule has 9 rings (SSSR count). The summed E-state index contributed by atoms with van der Waals surface area (Å²) in [4.78, 5) is 0. The predicted molar refractivity (Wildman–Crippen MR) is 166 cm³/mol. The van der Waals surface area contributed by atoms with Gasteiger partial charge in [0.15, 0.2) is 0 Å². The van der Waals surface area contributed by atoms with Gasteiger partial charge in [-0.1, -0.05) is 84.9 Å². The summed E-state index contributed by atoms with van der Waals surface area (Å²) in [6.07, 6.45) is 0. The molecule has 0 aliphatic rings. The second-order valence-corrected chi connectivity index (χ2v) is 11.2. The Bertz CT molecular complexity index is 2350. The summed E-state index contributed by atoms with van der Waals surface area (Å²) < 4.78 is 11.3. The smallest absolute Gasteiger partial charge is 0.136 e. The standard InChI is InChI=1S/C36H21NOS/c1-4-14-29-24(9-1)25-10-2-5-15-30(25)37(29)31-16-7-13-28-35-23(12-8-18-34(35)39-36(28)31)22-19-20-27-26-11-3-6-17-32(26)38-33(27)21-22/h1-21H. The normalized spacial score (nSPS) is 12.1. The lowest BCUT2D eigenvalue weighted by Crippen LogP contribution is -1.93. The first kappa shape index (κ1) is 21.1. The number of hydrogen-bond donors (Lipinski definition) is 0. The molecule has 0 atom stereocenters. The zero-order chi connectivity index (χ0) is 25.5. The molecule has 0 fully saturated rings. The lowest BCUT2D eigenvalue weighted by atomic mass is 9.98. The Hall–Kier alpha value is -4.86. The molecular formula is C36H21NOS. The van der Waals surface area contributed by atoms with Crippen LogP contribution in [0.15, 0.2) is 132 Å². The van der Waals surface area contributed by atoms with Crippen molar-refractivity contribution in [2.75, 3.05) is 0 Å². The number of hydrogen-bond acceptors (Lipinski definition) is 2. The van der Waals surface area contributed by atoms with E-state index >= 15 is 0 Å². The number of fused-ring (bicyclic) bond motifs is 9. The number of thiophene rings is 1. The van der Waals surface area contributed by atoms with E-state index in [2.05, 4.69) is 120 Å². The zero-order valence-corrected chi connectivity index (χ0v) is 21.7. The highest BCUT2D eigenvalue weighted by Gasteiger charge is 2.18. The summed E-state index contributed by atoms with van der Waals surface area (Å²) in [5.74, 6) is 0. The second kappa shape index (κ2) is 7.83. The van der Waals surface area contributed by atoms with Gasteiger partial charge in [-0.2, -0.15) is 0 Å². The minimum absolute atomic E-state index is 0.927. The molecule has 182 valence electrons. The van der Waals surface area contributed by atoms with E-state index in [9.17, 15) is 0 Å². The van der Waals surface area contributed by atoms with Crippen LogP contribution >= 0.6 is 11.3 Å². The van der Waals surface area contributed by atoms with Gasteiger partial charge in [0.25, 0.3) is 0 Å². The van der Waals surface area contributed by atoms with Crippen molar-refractivity contribution in [1.82, 2.24) is 4.57 Å². The molecule has 2 nitrogen and oxygen atoms in total. The summed E-state index contributed by atoms with van der Waals surface area (Å²) in [5, 5.41) is 7.47. The van der Waals surface area contributed by atoms with E-state index in [1.807, 2.05) is 23.5 Å². The van der Waals surface area contributed by atoms with E-state index in [1.165, 1.54) is 58.8 Å². The van der Waals surface area contributed by atoms with Crippen LogP contribution in [0.5, 0.6) is 0 Å². The van der Waals surface area contributed by atoms with Crippen LogP contribution in [0.3, 0.4) is 0 Å². The van der Waals surface area contributed by atoms with Crippen LogP contribution in [0.25, 0.3) is 80.7 Å². The largest absolute Gasteiger partial charge is 0.456 e. The van der Waals surface area contributed by atoms with Gasteiger partial charge >= 0.3 is 0 Å². The molecule has 0 N–H and O–H groups in total. The van der Waals surface area contributed by atoms with Crippen LogP contribution in [0, 0.1) is 0 Å². The van der Waals surface area contributed by atoms with Crippen molar-refractivity contribution in [2.24, 2.45) is 0 Å². The first-order valence-corrected chi connectivity index (χ1v) is 14.0. The van der Waals surface area contributed by atoms with Crippen molar-refractivity contribution >= 4 is 75.3 Å². The maximum absolute atomic E-state index is 6.24. The van der Waals surface area contributed by atoms with Crippen molar-refractivity contribution < 1.29 is 4.42 Å². The van der Waals surface area contributed by atoms with Gasteiger partial charge in [0.1, 0.15) is 11.2 Å². The molecule has 0 unspecified atom stereocenters. The Morgan fingerprint density at radius 1 is 0.513 bits per heavy atom. The van der Waals surface area contributed by atoms with Gasteiger partial charge in [-0.15, -0.1) is 11.3 Å². The highest BCUT2D eigenvalue weighted by molar-refractivity contribution is 7.26. The van der Waals surface area contributed by atoms with Gasteiger partial charge in [-0.3, -0.25) is 0 Å². The van der Waals surface area contributed by atoms with Gasteiger partial charge in [-0.05, 0) is 53.6 Å². The van der Waals surface area contributed by atoms with Crippen LogP contribution < -0.4 is 0 Å². The zero-order valence-electron chi connectivity index (χ0n) is 20.9. The van der Waals surface area contributed by atoms with Crippen molar-refractivity contribution in [3.63, 3.8) is 0 Å². The average molecular weight is 516 g/mol. The van der Waals surface area contributed by atoms with Gasteiger partial charge in [0.05, 0.1) is 21.4 Å². The summed E-state index contributed by atoms with van der Waals surface area (Å²) >= 11 is 1.88. The van der Waals surface area contributed by atoms with Crippen LogP contribution in [-0.2, 0) is 0 Å². The van der Waals surface area contributed by atoms with E-state index in [0.29, 0.717) is 0 Å². The molecule has 0 spiro atoms. The molecule has 0 aliphatic heterocycles. The van der Waals surface area contributed by atoms with Gasteiger partial charge in [-0.25, -0.2) is 0 Å². The Morgan fingerprint density at radius 2 is 1.18 bits per heavy atom. The summed E-state index contributed by atoms with van der Waals surface area (Å²) in [6.45, 7) is 0. The number of nitrogens with zero attached hydrogens (tertiary/aromatic N) is 1. The molecule has 39 heavy (non-hydrogen) atoms. The van der Waals surface area contributed by atoms with Gasteiger partial charge in [0.2, 0.25) is 0 Å². The van der Waals surface area contributed by atoms with Crippen molar-refractivity contribution in [3.05, 3.63) is 127 Å². The molecule has 0 amide bonds. The molecule has 6 aromatic carbocycles. The molecular weight excluding hydrogens is 494 g/mol. The first-order valence-electron chi connectivity index (χ1n) is 13.2. The topological polar surface area (TPSA) is 18.1 Å². The van der Waals surface area contributed by atoms with E-state index in [0.717, 1.165) is 21.9 Å². The van der Waals surface area contributed by atoms with E-state index in [1.54, 1.807) is 0 Å². The number of aromatic nitrogens is 1. The molecule has 0 aliphatic carbocycles. The third kappa shape index (κ3) is 2.91.